The minimum atomic E-state index is -3.03. The standard InChI is InChI=1S/C7H12N2O4/c1-9(8)5(7(11)13-3)4-6(10)12-2/h4H,8H2,1-3H3/b5-4+/i2D3,3D3. The molecule has 0 bridgehead atoms. The molecule has 0 spiro atoms. The van der Waals surface area contributed by atoms with Gasteiger partial charge in [-0.05, 0) is 0 Å². The number of nitrogens with two attached hydrogens (primary N) is 1. The molecule has 0 aromatic rings. The fourth-order valence-electron chi connectivity index (χ4n) is 0.498. The molecule has 6 nitrogen and oxygen atoms in total. The van der Waals surface area contributed by atoms with E-state index in [1.54, 1.807) is 0 Å². The molecule has 0 aromatic heterocycles. The maximum absolute atomic E-state index is 11.4. The summed E-state index contributed by atoms with van der Waals surface area (Å²) in [7, 11) is -4.91. The molecule has 0 fully saturated rings. The zero-order valence-electron chi connectivity index (χ0n) is 12.7. The van der Waals surface area contributed by atoms with Gasteiger partial charge in [0.1, 0.15) is 5.70 Å². The smallest absolute Gasteiger partial charge is 0.355 e. The Kier molecular flexibility index (Phi) is 1.83. The third-order valence-corrected chi connectivity index (χ3v) is 1.04. The predicted octanol–water partition coefficient (Wildman–Crippen LogP) is -0.978. The molecule has 0 atom stereocenters. The van der Waals surface area contributed by atoms with Crippen molar-refractivity contribution in [2.75, 3.05) is 21.1 Å². The minimum Gasteiger partial charge on any atom is -0.466 e. The van der Waals surface area contributed by atoms with Crippen molar-refractivity contribution >= 4 is 11.9 Å². The van der Waals surface area contributed by atoms with E-state index in [1.807, 2.05) is 0 Å². The highest BCUT2D eigenvalue weighted by Gasteiger charge is 2.14. The van der Waals surface area contributed by atoms with E-state index in [1.165, 1.54) is 0 Å². The fraction of sp³-hybridized carbons (Fsp3) is 0.429. The fourth-order valence-corrected chi connectivity index (χ4v) is 0.498. The molecule has 6 heteroatoms. The maximum Gasteiger partial charge on any atom is 0.355 e. The summed E-state index contributed by atoms with van der Waals surface area (Å²) in [4.78, 5) is 22.5. The highest BCUT2D eigenvalue weighted by Crippen LogP contribution is 1.99. The van der Waals surface area contributed by atoms with Gasteiger partial charge in [0, 0.05) is 7.05 Å². The number of hydrogen-bond donors (Lipinski definition) is 1. The maximum atomic E-state index is 11.4. The quantitative estimate of drug-likeness (QED) is 0.269. The Balaban J connectivity index is 5.02. The number of hydrazine groups is 1. The van der Waals surface area contributed by atoms with Gasteiger partial charge in [-0.25, -0.2) is 15.4 Å². The lowest BCUT2D eigenvalue weighted by Crippen LogP contribution is -2.31. The van der Waals surface area contributed by atoms with Gasteiger partial charge in [-0.2, -0.15) is 0 Å². The van der Waals surface area contributed by atoms with Gasteiger partial charge >= 0.3 is 11.9 Å². The summed E-state index contributed by atoms with van der Waals surface area (Å²) in [5, 5.41) is 0.592. The first-order chi connectivity index (χ1) is 8.32. The minimum absolute atomic E-state index is 0.417. The molecule has 0 aliphatic carbocycles. The van der Waals surface area contributed by atoms with Crippen LogP contribution in [0.1, 0.15) is 8.22 Å². The van der Waals surface area contributed by atoms with Crippen molar-refractivity contribution < 1.29 is 27.3 Å². The van der Waals surface area contributed by atoms with Crippen LogP contribution in [0, 0.1) is 0 Å². The van der Waals surface area contributed by atoms with E-state index < -0.39 is 31.7 Å². The first kappa shape index (κ1) is 4.61. The predicted molar refractivity (Wildman–Crippen MR) is 44.1 cm³/mol. The molecule has 13 heavy (non-hydrogen) atoms. The van der Waals surface area contributed by atoms with E-state index in [-0.39, 0.29) is 0 Å². The van der Waals surface area contributed by atoms with Gasteiger partial charge in [0.05, 0.1) is 28.4 Å². The van der Waals surface area contributed by atoms with Crippen LogP contribution in [-0.4, -0.2) is 38.1 Å². The zero-order chi connectivity index (χ0) is 15.4. The Morgan fingerprint density at radius 3 is 2.54 bits per heavy atom. The van der Waals surface area contributed by atoms with Crippen molar-refractivity contribution in [3.8, 4) is 0 Å². The van der Waals surface area contributed by atoms with E-state index in [9.17, 15) is 9.59 Å². The largest absolute Gasteiger partial charge is 0.466 e. The molecular weight excluding hydrogens is 176 g/mol. The van der Waals surface area contributed by atoms with Crippen molar-refractivity contribution in [2.45, 2.75) is 0 Å². The lowest BCUT2D eigenvalue weighted by atomic mass is 10.4. The third-order valence-electron chi connectivity index (χ3n) is 1.04. The SMILES string of the molecule is [2H]C([2H])([2H])OC(=O)/C=C(\C(=O)OC([2H])([2H])[2H])N(C)N. The monoisotopic (exact) mass is 194 g/mol. The van der Waals surface area contributed by atoms with Crippen LogP contribution in [0.2, 0.25) is 0 Å². The van der Waals surface area contributed by atoms with Crippen LogP contribution < -0.4 is 5.84 Å². The van der Waals surface area contributed by atoms with Crippen LogP contribution in [-0.2, 0) is 19.1 Å². The highest BCUT2D eigenvalue weighted by molar-refractivity contribution is 5.95. The molecule has 2 N–H and O–H groups in total. The number of carbonyl (C=O) groups is 2. The van der Waals surface area contributed by atoms with Crippen LogP contribution in [0.3, 0.4) is 0 Å². The van der Waals surface area contributed by atoms with Crippen molar-refractivity contribution in [1.29, 1.82) is 0 Å². The molecule has 74 valence electrons. The summed E-state index contributed by atoms with van der Waals surface area (Å²) >= 11 is 0. The van der Waals surface area contributed by atoms with Gasteiger partial charge in [0.2, 0.25) is 0 Å². The average Bonchev–Trinajstić information content (AvgIpc) is 2.07. The molecule has 0 saturated heterocycles. The molecule has 0 aliphatic heterocycles. The van der Waals surface area contributed by atoms with Gasteiger partial charge in [0.15, 0.2) is 0 Å². The Bertz CT molecular complexity index is 386. The van der Waals surface area contributed by atoms with Gasteiger partial charge in [-0.1, -0.05) is 0 Å². The molecular formula is C7H12N2O4. The van der Waals surface area contributed by atoms with Crippen LogP contribution in [0.4, 0.5) is 0 Å². The summed E-state index contributed by atoms with van der Waals surface area (Å²) in [6.07, 6.45) is 0.417. The van der Waals surface area contributed by atoms with Crippen LogP contribution >= 0.6 is 0 Å². The molecule has 0 rings (SSSR count). The van der Waals surface area contributed by atoms with Crippen LogP contribution in [0.5, 0.6) is 0 Å². The lowest BCUT2D eigenvalue weighted by Gasteiger charge is -2.13. The normalized spacial score (nSPS) is 19.4. The van der Waals surface area contributed by atoms with Gasteiger partial charge in [-0.3, -0.25) is 0 Å². The van der Waals surface area contributed by atoms with Gasteiger partial charge in [0.25, 0.3) is 0 Å². The van der Waals surface area contributed by atoms with Crippen molar-refractivity contribution in [3.63, 3.8) is 0 Å². The molecule has 0 aromatic carbocycles. The molecule has 0 aliphatic rings. The summed E-state index contributed by atoms with van der Waals surface area (Å²) in [5.41, 5.74) is -0.676. The Hall–Kier alpha value is -1.56. The van der Waals surface area contributed by atoms with E-state index in [0.717, 1.165) is 7.05 Å². The van der Waals surface area contributed by atoms with E-state index in [4.69, 9.17) is 14.1 Å². The molecule has 0 radical (unpaired) electrons. The topological polar surface area (TPSA) is 81.9 Å². The number of nitrogens with zero attached hydrogens (tertiary/aromatic N) is 1. The second-order valence-electron chi connectivity index (χ2n) is 1.95. The molecule has 0 saturated carbocycles. The molecule has 0 heterocycles. The Morgan fingerprint density at radius 2 is 2.08 bits per heavy atom. The molecule has 0 unspecified atom stereocenters. The molecule has 0 amide bonds. The Labute approximate surface area is 84.3 Å². The average molecular weight is 194 g/mol. The first-order valence-electron chi connectivity index (χ1n) is 5.98. The lowest BCUT2D eigenvalue weighted by molar-refractivity contribution is -0.139. The van der Waals surface area contributed by atoms with E-state index >= 15 is 0 Å². The summed E-state index contributed by atoms with van der Waals surface area (Å²) < 4.78 is 48.2. The summed E-state index contributed by atoms with van der Waals surface area (Å²) in [6.45, 7) is 0. The van der Waals surface area contributed by atoms with Gasteiger partial charge in [-0.15, -0.1) is 0 Å². The number of likely N-dealkylation sites (N-methyl/N-ethyl adjacent to an activating group) is 1. The number of methoxy groups -OCH3 is 2. The first-order valence-corrected chi connectivity index (χ1v) is 2.98. The number of rotatable bonds is 3. The van der Waals surface area contributed by atoms with Gasteiger partial charge < -0.3 is 14.5 Å². The van der Waals surface area contributed by atoms with E-state index in [0.29, 0.717) is 11.1 Å². The second kappa shape index (κ2) is 5.15. The Morgan fingerprint density at radius 1 is 1.46 bits per heavy atom. The van der Waals surface area contributed by atoms with Crippen LogP contribution in [0.25, 0.3) is 0 Å². The number of esters is 2. The zero-order valence-corrected chi connectivity index (χ0v) is 6.73. The van der Waals surface area contributed by atoms with Crippen molar-refractivity contribution in [1.82, 2.24) is 5.01 Å². The van der Waals surface area contributed by atoms with Crippen LogP contribution in [0.15, 0.2) is 11.8 Å². The highest BCUT2D eigenvalue weighted by atomic mass is 16.5. The van der Waals surface area contributed by atoms with Crippen molar-refractivity contribution in [3.05, 3.63) is 11.8 Å². The number of hydrogen-bond acceptors (Lipinski definition) is 6. The summed E-state index contributed by atoms with van der Waals surface area (Å²) in [5.74, 6) is 2.38. The number of ether oxygens (including phenoxy) is 2. The second-order valence-corrected chi connectivity index (χ2v) is 1.95. The summed E-state index contributed by atoms with van der Waals surface area (Å²) in [6, 6.07) is 0. The third kappa shape index (κ3) is 3.57. The van der Waals surface area contributed by atoms with Crippen molar-refractivity contribution in [2.24, 2.45) is 5.84 Å². The number of carbonyl (C=O) groups excluding carboxylic acids is 2. The van der Waals surface area contributed by atoms with E-state index in [2.05, 4.69) is 9.47 Å².